The summed E-state index contributed by atoms with van der Waals surface area (Å²) in [6, 6.07) is 0.659. The highest BCUT2D eigenvalue weighted by Gasteiger charge is 2.20. The van der Waals surface area contributed by atoms with Gasteiger partial charge in [-0.15, -0.1) is 0 Å². The monoisotopic (exact) mass is 255 g/mol. The lowest BCUT2D eigenvalue weighted by molar-refractivity contribution is -0.140. The molecule has 1 aliphatic carbocycles. The first kappa shape index (κ1) is 15.5. The zero-order chi connectivity index (χ0) is 13.4. The molecule has 0 aromatic carbocycles. The van der Waals surface area contributed by atoms with Crippen LogP contribution in [0.4, 0.5) is 0 Å². The van der Waals surface area contributed by atoms with Crippen molar-refractivity contribution in [1.82, 2.24) is 5.32 Å². The van der Waals surface area contributed by atoms with Crippen molar-refractivity contribution in [3.63, 3.8) is 0 Å². The topological polar surface area (TPSA) is 38.3 Å². The van der Waals surface area contributed by atoms with E-state index in [9.17, 15) is 4.79 Å². The van der Waals surface area contributed by atoms with Crippen molar-refractivity contribution in [2.45, 2.75) is 64.8 Å². The molecule has 1 aliphatic rings. The van der Waals surface area contributed by atoms with Crippen LogP contribution in [0.1, 0.15) is 58.8 Å². The highest BCUT2D eigenvalue weighted by molar-refractivity contribution is 5.69. The Morgan fingerprint density at radius 2 is 2.06 bits per heavy atom. The zero-order valence-corrected chi connectivity index (χ0v) is 12.2. The number of ether oxygens (including phenoxy) is 1. The molecule has 3 nitrogen and oxygen atoms in total. The lowest BCUT2D eigenvalue weighted by Gasteiger charge is -2.19. The maximum Gasteiger partial charge on any atom is 0.305 e. The number of hydrogen-bond donors (Lipinski definition) is 1. The van der Waals surface area contributed by atoms with Crippen LogP contribution in [0.2, 0.25) is 0 Å². The quantitative estimate of drug-likeness (QED) is 0.450. The maximum atomic E-state index is 11.0. The predicted octanol–water partition coefficient (Wildman–Crippen LogP) is 3.13. The van der Waals surface area contributed by atoms with Crippen LogP contribution < -0.4 is 5.32 Å². The predicted molar refractivity (Wildman–Crippen MR) is 74.5 cm³/mol. The van der Waals surface area contributed by atoms with Gasteiger partial charge < -0.3 is 10.1 Å². The molecule has 1 N–H and O–H groups in total. The maximum absolute atomic E-state index is 11.0. The van der Waals surface area contributed by atoms with E-state index in [1.54, 1.807) is 0 Å². The van der Waals surface area contributed by atoms with E-state index in [1.165, 1.54) is 39.2 Å². The second kappa shape index (κ2) is 8.52. The van der Waals surface area contributed by atoms with E-state index in [2.05, 4.69) is 23.9 Å². The van der Waals surface area contributed by atoms with Crippen LogP contribution >= 0.6 is 0 Å². The molecule has 0 amide bonds. The Bertz CT molecular complexity index is 241. The van der Waals surface area contributed by atoms with Gasteiger partial charge in [0.25, 0.3) is 0 Å². The molecule has 106 valence electrons. The summed E-state index contributed by atoms with van der Waals surface area (Å²) < 4.78 is 4.64. The van der Waals surface area contributed by atoms with Crippen molar-refractivity contribution in [1.29, 1.82) is 0 Å². The van der Waals surface area contributed by atoms with Crippen molar-refractivity contribution < 1.29 is 9.53 Å². The van der Waals surface area contributed by atoms with Crippen LogP contribution in [-0.2, 0) is 9.53 Å². The van der Waals surface area contributed by atoms with Gasteiger partial charge in [0.15, 0.2) is 0 Å². The number of methoxy groups -OCH3 is 1. The molecule has 0 saturated heterocycles. The first-order valence-electron chi connectivity index (χ1n) is 7.43. The van der Waals surface area contributed by atoms with Crippen LogP contribution in [0.15, 0.2) is 0 Å². The fraction of sp³-hybridized carbons (Fsp3) is 0.933. The van der Waals surface area contributed by atoms with E-state index >= 15 is 0 Å². The second-order valence-corrected chi connectivity index (χ2v) is 5.84. The summed E-state index contributed by atoms with van der Waals surface area (Å²) in [6.07, 6.45) is 8.09. The van der Waals surface area contributed by atoms with Gasteiger partial charge in [-0.2, -0.15) is 0 Å². The molecule has 1 saturated carbocycles. The molecule has 0 heterocycles. The van der Waals surface area contributed by atoms with Crippen molar-refractivity contribution in [2.75, 3.05) is 13.7 Å². The third-order valence-electron chi connectivity index (χ3n) is 4.17. The number of hydrogen-bond acceptors (Lipinski definition) is 3. The summed E-state index contributed by atoms with van der Waals surface area (Å²) in [7, 11) is 1.45. The molecule has 0 spiro atoms. The van der Waals surface area contributed by atoms with E-state index < -0.39 is 0 Å². The third kappa shape index (κ3) is 5.85. The molecule has 3 heteroatoms. The van der Waals surface area contributed by atoms with Gasteiger partial charge in [-0.3, -0.25) is 4.79 Å². The van der Waals surface area contributed by atoms with Gasteiger partial charge in [-0.05, 0) is 44.1 Å². The smallest absolute Gasteiger partial charge is 0.305 e. The summed E-state index contributed by atoms with van der Waals surface area (Å²) in [5, 5.41) is 3.59. The van der Waals surface area contributed by atoms with Gasteiger partial charge in [0.05, 0.1) is 7.11 Å². The summed E-state index contributed by atoms with van der Waals surface area (Å²) in [4.78, 5) is 11.0. The van der Waals surface area contributed by atoms with Gasteiger partial charge >= 0.3 is 5.97 Å². The summed E-state index contributed by atoms with van der Waals surface area (Å²) in [6.45, 7) is 5.62. The van der Waals surface area contributed by atoms with E-state index in [-0.39, 0.29) is 5.97 Å². The Morgan fingerprint density at radius 1 is 1.28 bits per heavy atom. The SMILES string of the molecule is COC(=O)CCCNC1CCCC(C(C)C)CC1. The van der Waals surface area contributed by atoms with Crippen molar-refractivity contribution in [3.8, 4) is 0 Å². The summed E-state index contributed by atoms with van der Waals surface area (Å²) >= 11 is 0. The van der Waals surface area contributed by atoms with Crippen LogP contribution in [0.25, 0.3) is 0 Å². The highest BCUT2D eigenvalue weighted by atomic mass is 16.5. The summed E-state index contributed by atoms with van der Waals surface area (Å²) in [5.74, 6) is 1.63. The Kier molecular flexibility index (Phi) is 7.33. The minimum absolute atomic E-state index is 0.0995. The van der Waals surface area contributed by atoms with Crippen LogP contribution in [-0.4, -0.2) is 25.7 Å². The molecular formula is C15H29NO2. The van der Waals surface area contributed by atoms with Crippen molar-refractivity contribution in [2.24, 2.45) is 11.8 Å². The molecular weight excluding hydrogens is 226 g/mol. The molecule has 1 fully saturated rings. The fourth-order valence-electron chi connectivity index (χ4n) is 2.84. The van der Waals surface area contributed by atoms with E-state index in [1.807, 2.05) is 0 Å². The molecule has 1 rings (SSSR count). The highest BCUT2D eigenvalue weighted by Crippen LogP contribution is 2.28. The number of carbonyl (C=O) groups excluding carboxylic acids is 1. The normalized spacial score (nSPS) is 24.9. The Labute approximate surface area is 112 Å². The molecule has 18 heavy (non-hydrogen) atoms. The average molecular weight is 255 g/mol. The van der Waals surface area contributed by atoms with E-state index in [0.717, 1.165) is 24.8 Å². The molecule has 0 aromatic heterocycles. The van der Waals surface area contributed by atoms with Gasteiger partial charge in [-0.25, -0.2) is 0 Å². The fourth-order valence-corrected chi connectivity index (χ4v) is 2.84. The summed E-state index contributed by atoms with van der Waals surface area (Å²) in [5.41, 5.74) is 0. The lowest BCUT2D eigenvalue weighted by Crippen LogP contribution is -2.29. The number of esters is 1. The third-order valence-corrected chi connectivity index (χ3v) is 4.17. The minimum Gasteiger partial charge on any atom is -0.469 e. The molecule has 0 radical (unpaired) electrons. The van der Waals surface area contributed by atoms with Crippen LogP contribution in [0.5, 0.6) is 0 Å². The minimum atomic E-state index is -0.0995. The van der Waals surface area contributed by atoms with Gasteiger partial charge in [0.1, 0.15) is 0 Å². The molecule has 0 aliphatic heterocycles. The second-order valence-electron chi connectivity index (χ2n) is 5.84. The number of rotatable bonds is 6. The molecule has 0 aromatic rings. The van der Waals surface area contributed by atoms with Crippen molar-refractivity contribution in [3.05, 3.63) is 0 Å². The van der Waals surface area contributed by atoms with Gasteiger partial charge in [-0.1, -0.05) is 26.7 Å². The van der Waals surface area contributed by atoms with Crippen LogP contribution in [0, 0.1) is 11.8 Å². The van der Waals surface area contributed by atoms with Crippen LogP contribution in [0.3, 0.4) is 0 Å². The lowest BCUT2D eigenvalue weighted by atomic mass is 9.89. The molecule has 2 atom stereocenters. The number of nitrogens with one attached hydrogen (secondary N) is 1. The first-order valence-corrected chi connectivity index (χ1v) is 7.43. The first-order chi connectivity index (χ1) is 8.63. The number of carbonyl (C=O) groups is 1. The Balaban J connectivity index is 2.14. The van der Waals surface area contributed by atoms with E-state index in [4.69, 9.17) is 0 Å². The zero-order valence-electron chi connectivity index (χ0n) is 12.2. The van der Waals surface area contributed by atoms with Crippen molar-refractivity contribution >= 4 is 5.97 Å². The van der Waals surface area contributed by atoms with Gasteiger partial charge in [0.2, 0.25) is 0 Å². The Morgan fingerprint density at radius 3 is 2.72 bits per heavy atom. The van der Waals surface area contributed by atoms with E-state index in [0.29, 0.717) is 12.5 Å². The average Bonchev–Trinajstić information content (AvgIpc) is 2.59. The standard InChI is InChI=1S/C15H29NO2/c1-12(2)13-6-4-7-14(10-9-13)16-11-5-8-15(17)18-3/h12-14,16H,4-11H2,1-3H3. The molecule has 2 unspecified atom stereocenters. The van der Waals surface area contributed by atoms with Gasteiger partial charge in [0, 0.05) is 12.5 Å². The Hall–Kier alpha value is -0.570. The largest absolute Gasteiger partial charge is 0.469 e. The molecule has 0 bridgehead atoms.